The van der Waals surface area contributed by atoms with Gasteiger partial charge in [0.05, 0.1) is 12.2 Å². The smallest absolute Gasteiger partial charge is 0.0630 e. The van der Waals surface area contributed by atoms with Gasteiger partial charge in [-0.1, -0.05) is 78.1 Å². The van der Waals surface area contributed by atoms with Crippen LogP contribution in [0.5, 0.6) is 0 Å². The second kappa shape index (κ2) is 16.6. The van der Waals surface area contributed by atoms with Crippen LogP contribution in [0, 0.1) is 0 Å². The first-order valence-corrected chi connectivity index (χ1v) is 10.3. The first kappa shape index (κ1) is 21.3. The van der Waals surface area contributed by atoms with Crippen LogP contribution in [0.2, 0.25) is 0 Å². The molecule has 0 saturated carbocycles. The van der Waals surface area contributed by atoms with Gasteiger partial charge in [0.1, 0.15) is 0 Å². The number of aliphatic hydroxyl groups excluding tert-OH is 2. The lowest BCUT2D eigenvalue weighted by Crippen LogP contribution is -2.14. The molecule has 3 heteroatoms. The van der Waals surface area contributed by atoms with Crippen molar-refractivity contribution in [3.8, 4) is 0 Å². The topological polar surface area (TPSA) is 40.5 Å². The lowest BCUT2D eigenvalue weighted by atomic mass is 10.1. The predicted octanol–water partition coefficient (Wildman–Crippen LogP) is 5.16. The van der Waals surface area contributed by atoms with Crippen LogP contribution >= 0.6 is 11.8 Å². The second-order valence-corrected chi connectivity index (χ2v) is 7.33. The van der Waals surface area contributed by atoms with E-state index in [2.05, 4.69) is 13.8 Å². The van der Waals surface area contributed by atoms with Gasteiger partial charge in [-0.2, -0.15) is 11.8 Å². The standard InChI is InChI=1S/C18H38O2S/c1-3-5-7-9-11-13-17(19)15-21-16-18(20)14-12-10-8-6-4-2/h17-20H,3-16H2,1-2H3. The summed E-state index contributed by atoms with van der Waals surface area (Å²) in [6, 6.07) is 0. The Labute approximate surface area is 137 Å². The fourth-order valence-corrected chi connectivity index (χ4v) is 3.49. The van der Waals surface area contributed by atoms with Crippen molar-refractivity contribution in [3.05, 3.63) is 0 Å². The van der Waals surface area contributed by atoms with Gasteiger partial charge in [0.25, 0.3) is 0 Å². The second-order valence-electron chi connectivity index (χ2n) is 6.25. The summed E-state index contributed by atoms with van der Waals surface area (Å²) in [6.07, 6.45) is 14.0. The van der Waals surface area contributed by atoms with Crippen LogP contribution in [0.4, 0.5) is 0 Å². The Morgan fingerprint density at radius 3 is 1.38 bits per heavy atom. The molecule has 128 valence electrons. The lowest BCUT2D eigenvalue weighted by Gasteiger charge is -2.13. The van der Waals surface area contributed by atoms with Gasteiger partial charge >= 0.3 is 0 Å². The molecule has 0 rings (SSSR count). The Kier molecular flexibility index (Phi) is 16.9. The highest BCUT2D eigenvalue weighted by Crippen LogP contribution is 2.14. The molecule has 0 aliphatic rings. The summed E-state index contributed by atoms with van der Waals surface area (Å²) in [7, 11) is 0. The molecule has 0 aliphatic carbocycles. The first-order valence-electron chi connectivity index (χ1n) is 9.14. The molecule has 0 aromatic heterocycles. The molecule has 21 heavy (non-hydrogen) atoms. The molecule has 2 unspecified atom stereocenters. The molecular formula is C18H38O2S. The van der Waals surface area contributed by atoms with Crippen molar-refractivity contribution >= 4 is 11.8 Å². The van der Waals surface area contributed by atoms with E-state index in [-0.39, 0.29) is 12.2 Å². The molecule has 0 aromatic rings. The number of unbranched alkanes of at least 4 members (excludes halogenated alkanes) is 8. The Morgan fingerprint density at radius 2 is 1.00 bits per heavy atom. The zero-order valence-electron chi connectivity index (χ0n) is 14.4. The minimum atomic E-state index is -0.187. The Balaban J connectivity index is 3.30. The van der Waals surface area contributed by atoms with E-state index in [0.29, 0.717) is 0 Å². The third kappa shape index (κ3) is 16.5. The summed E-state index contributed by atoms with van der Waals surface area (Å²) < 4.78 is 0. The number of hydrogen-bond donors (Lipinski definition) is 2. The van der Waals surface area contributed by atoms with Crippen LogP contribution in [0.3, 0.4) is 0 Å². The van der Waals surface area contributed by atoms with Crippen molar-refractivity contribution in [2.45, 2.75) is 103 Å². The van der Waals surface area contributed by atoms with Crippen molar-refractivity contribution in [2.75, 3.05) is 11.5 Å². The van der Waals surface area contributed by atoms with Gasteiger partial charge in [0, 0.05) is 11.5 Å². The predicted molar refractivity (Wildman–Crippen MR) is 96.1 cm³/mol. The molecule has 0 spiro atoms. The maximum atomic E-state index is 9.89. The Bertz CT molecular complexity index is 180. The maximum absolute atomic E-state index is 9.89. The average Bonchev–Trinajstić information content (AvgIpc) is 2.47. The molecule has 0 radical (unpaired) electrons. The lowest BCUT2D eigenvalue weighted by molar-refractivity contribution is 0.180. The van der Waals surface area contributed by atoms with Gasteiger partial charge in [-0.3, -0.25) is 0 Å². The highest BCUT2D eigenvalue weighted by atomic mass is 32.2. The molecule has 0 aromatic carbocycles. The van der Waals surface area contributed by atoms with Crippen molar-refractivity contribution in [1.29, 1.82) is 0 Å². The molecule has 0 fully saturated rings. The highest BCUT2D eigenvalue weighted by molar-refractivity contribution is 7.99. The van der Waals surface area contributed by atoms with Gasteiger partial charge in [-0.25, -0.2) is 0 Å². The molecule has 0 aliphatic heterocycles. The normalized spacial score (nSPS) is 14.3. The van der Waals surface area contributed by atoms with E-state index in [9.17, 15) is 10.2 Å². The largest absolute Gasteiger partial charge is 0.392 e. The van der Waals surface area contributed by atoms with Crippen LogP contribution in [-0.4, -0.2) is 33.9 Å². The molecule has 0 saturated heterocycles. The van der Waals surface area contributed by atoms with Gasteiger partial charge < -0.3 is 10.2 Å². The maximum Gasteiger partial charge on any atom is 0.0630 e. The van der Waals surface area contributed by atoms with E-state index >= 15 is 0 Å². The van der Waals surface area contributed by atoms with Gasteiger partial charge in [0.2, 0.25) is 0 Å². The number of rotatable bonds is 16. The molecule has 2 nitrogen and oxygen atoms in total. The summed E-state index contributed by atoms with van der Waals surface area (Å²) in [4.78, 5) is 0. The molecule has 2 atom stereocenters. The van der Waals surface area contributed by atoms with Crippen molar-refractivity contribution in [1.82, 2.24) is 0 Å². The first-order chi connectivity index (χ1) is 10.2. The monoisotopic (exact) mass is 318 g/mol. The van der Waals surface area contributed by atoms with Crippen LogP contribution in [0.25, 0.3) is 0 Å². The van der Waals surface area contributed by atoms with E-state index in [4.69, 9.17) is 0 Å². The molecule has 0 bridgehead atoms. The van der Waals surface area contributed by atoms with Gasteiger partial charge in [0.15, 0.2) is 0 Å². The minimum absolute atomic E-state index is 0.187. The summed E-state index contributed by atoms with van der Waals surface area (Å²) >= 11 is 1.71. The van der Waals surface area contributed by atoms with Crippen LogP contribution in [0.15, 0.2) is 0 Å². The van der Waals surface area contributed by atoms with Crippen LogP contribution in [-0.2, 0) is 0 Å². The third-order valence-electron chi connectivity index (χ3n) is 3.90. The number of hydrogen-bond acceptors (Lipinski definition) is 3. The Hall–Kier alpha value is 0.270. The fourth-order valence-electron chi connectivity index (χ4n) is 2.47. The van der Waals surface area contributed by atoms with E-state index in [0.717, 1.165) is 37.2 Å². The summed E-state index contributed by atoms with van der Waals surface area (Å²) in [5.41, 5.74) is 0. The molecule has 0 heterocycles. The number of thioether (sulfide) groups is 1. The Morgan fingerprint density at radius 1 is 0.619 bits per heavy atom. The third-order valence-corrected chi connectivity index (χ3v) is 5.14. The van der Waals surface area contributed by atoms with E-state index < -0.39 is 0 Å². The molecule has 2 N–H and O–H groups in total. The van der Waals surface area contributed by atoms with E-state index in [1.165, 1.54) is 51.4 Å². The highest BCUT2D eigenvalue weighted by Gasteiger charge is 2.08. The SMILES string of the molecule is CCCCCCCC(O)CSCC(O)CCCCCCC. The zero-order valence-corrected chi connectivity index (χ0v) is 15.2. The summed E-state index contributed by atoms with van der Waals surface area (Å²) in [6.45, 7) is 4.45. The van der Waals surface area contributed by atoms with Crippen LogP contribution < -0.4 is 0 Å². The van der Waals surface area contributed by atoms with Gasteiger partial charge in [-0.15, -0.1) is 0 Å². The molecule has 0 amide bonds. The average molecular weight is 319 g/mol. The van der Waals surface area contributed by atoms with Gasteiger partial charge in [-0.05, 0) is 12.8 Å². The van der Waals surface area contributed by atoms with Crippen LogP contribution in [0.1, 0.15) is 90.9 Å². The van der Waals surface area contributed by atoms with E-state index in [1.54, 1.807) is 11.8 Å². The van der Waals surface area contributed by atoms with E-state index in [1.807, 2.05) is 0 Å². The summed E-state index contributed by atoms with van der Waals surface area (Å²) in [5, 5.41) is 19.8. The quantitative estimate of drug-likeness (QED) is 0.386. The zero-order chi connectivity index (χ0) is 15.8. The van der Waals surface area contributed by atoms with Crippen molar-refractivity contribution in [2.24, 2.45) is 0 Å². The minimum Gasteiger partial charge on any atom is -0.392 e. The molecular weight excluding hydrogens is 280 g/mol. The number of aliphatic hydroxyl groups is 2. The van der Waals surface area contributed by atoms with Crippen molar-refractivity contribution < 1.29 is 10.2 Å². The summed E-state index contributed by atoms with van der Waals surface area (Å²) in [5.74, 6) is 1.56. The fraction of sp³-hybridized carbons (Fsp3) is 1.00. The van der Waals surface area contributed by atoms with Crippen molar-refractivity contribution in [3.63, 3.8) is 0 Å².